The van der Waals surface area contributed by atoms with Crippen LogP contribution >= 0.6 is 11.3 Å². The van der Waals surface area contributed by atoms with Crippen molar-refractivity contribution < 1.29 is 13.9 Å². The number of ether oxygens (including phenoxy) is 1. The number of aromatic nitrogens is 4. The van der Waals surface area contributed by atoms with Crippen molar-refractivity contribution in [1.82, 2.24) is 24.6 Å². The highest BCUT2D eigenvalue weighted by Gasteiger charge is 2.28. The molecule has 1 atom stereocenters. The van der Waals surface area contributed by atoms with Crippen LogP contribution in [0.25, 0.3) is 22.3 Å². The van der Waals surface area contributed by atoms with E-state index < -0.39 is 5.82 Å². The number of carbonyl (C=O) groups is 1. The number of nitrogens with zero attached hydrogens (tertiary/aromatic N) is 5. The lowest BCUT2D eigenvalue weighted by Crippen LogP contribution is -2.40. The van der Waals surface area contributed by atoms with Crippen molar-refractivity contribution in [1.29, 1.82) is 0 Å². The van der Waals surface area contributed by atoms with Crippen molar-refractivity contribution in [3.05, 3.63) is 65.4 Å². The van der Waals surface area contributed by atoms with E-state index >= 15 is 0 Å². The number of anilines is 1. The zero-order valence-electron chi connectivity index (χ0n) is 18.4. The summed E-state index contributed by atoms with van der Waals surface area (Å²) in [7, 11) is 0. The summed E-state index contributed by atoms with van der Waals surface area (Å²) in [6.45, 7) is 5.05. The largest absolute Gasteiger partial charge is 0.485 e. The maximum atomic E-state index is 13.9. The number of para-hydroxylation sites is 1. The number of hydrogen-bond donors (Lipinski definition) is 1. The number of thiophene rings is 1. The number of halogens is 1. The van der Waals surface area contributed by atoms with E-state index in [1.165, 1.54) is 29.8 Å². The third-order valence-corrected chi connectivity index (χ3v) is 6.79. The number of nitrogen functional groups attached to an aromatic ring is 1. The van der Waals surface area contributed by atoms with Gasteiger partial charge in [-0.15, -0.1) is 11.3 Å². The molecule has 0 spiro atoms. The Kier molecular flexibility index (Phi) is 5.97. The van der Waals surface area contributed by atoms with Gasteiger partial charge in [0.1, 0.15) is 24.4 Å². The van der Waals surface area contributed by atoms with Gasteiger partial charge in [0, 0.05) is 28.9 Å². The van der Waals surface area contributed by atoms with E-state index in [-0.39, 0.29) is 24.3 Å². The van der Waals surface area contributed by atoms with Crippen LogP contribution in [0.4, 0.5) is 10.2 Å². The van der Waals surface area contributed by atoms with Crippen LogP contribution in [0.2, 0.25) is 0 Å². The first-order chi connectivity index (χ1) is 16.5. The van der Waals surface area contributed by atoms with E-state index in [1.54, 1.807) is 23.1 Å². The molecule has 4 heterocycles. The van der Waals surface area contributed by atoms with E-state index in [0.29, 0.717) is 35.6 Å². The smallest absolute Gasteiger partial charge is 0.246 e. The second-order valence-electron chi connectivity index (χ2n) is 8.06. The Labute approximate surface area is 199 Å². The number of likely N-dealkylation sites (tertiary alicyclic amines) is 1. The van der Waals surface area contributed by atoms with Crippen LogP contribution < -0.4 is 10.5 Å². The fourth-order valence-corrected chi connectivity index (χ4v) is 5.01. The van der Waals surface area contributed by atoms with Gasteiger partial charge >= 0.3 is 0 Å². The molecule has 4 aromatic rings. The zero-order valence-corrected chi connectivity index (χ0v) is 19.2. The van der Waals surface area contributed by atoms with Crippen LogP contribution in [-0.4, -0.2) is 43.6 Å². The van der Waals surface area contributed by atoms with Crippen molar-refractivity contribution in [2.24, 2.45) is 0 Å². The normalized spacial score (nSPS) is 16.0. The third kappa shape index (κ3) is 4.12. The molecular weight excluding hydrogens is 455 g/mol. The topological polar surface area (TPSA) is 99.2 Å². The van der Waals surface area contributed by atoms with Crippen LogP contribution in [0.3, 0.4) is 0 Å². The molecule has 0 aliphatic carbocycles. The number of piperidine rings is 1. The first kappa shape index (κ1) is 22.0. The van der Waals surface area contributed by atoms with Crippen LogP contribution in [-0.2, 0) is 11.4 Å². The summed E-state index contributed by atoms with van der Waals surface area (Å²) in [6.07, 6.45) is 4.49. The standard InChI is InChI=1S/C24H23FN6O2S/c1-2-20(32)30-9-5-6-16(11-30)31-24-21(23(26)27-14-28-24)22(29-31)15-10-17(34-13-15)12-33-19-8-4-3-7-18(19)25/h2-4,7-8,10,13-14,16H,1,5-6,9,11-12H2,(H2,26,27,28)/t16-/m1/s1. The summed E-state index contributed by atoms with van der Waals surface area (Å²) in [6, 6.07) is 8.24. The lowest BCUT2D eigenvalue weighted by atomic mass is 10.1. The SMILES string of the molecule is C=CC(=O)N1CCC[C@@H](n2nc(-c3csc(COc4ccccc4F)c3)c3c(N)ncnc32)C1. The van der Waals surface area contributed by atoms with E-state index in [2.05, 4.69) is 16.5 Å². The fourth-order valence-electron chi connectivity index (χ4n) is 4.23. The Bertz CT molecular complexity index is 1370. The molecule has 1 fully saturated rings. The summed E-state index contributed by atoms with van der Waals surface area (Å²) in [5.41, 5.74) is 8.42. The number of rotatable bonds is 6. The van der Waals surface area contributed by atoms with Gasteiger partial charge in [0.05, 0.1) is 11.4 Å². The van der Waals surface area contributed by atoms with Gasteiger partial charge in [0.15, 0.2) is 17.2 Å². The molecule has 1 saturated heterocycles. The molecule has 2 N–H and O–H groups in total. The Morgan fingerprint density at radius 3 is 3.03 bits per heavy atom. The summed E-state index contributed by atoms with van der Waals surface area (Å²) in [4.78, 5) is 23.5. The molecule has 1 aromatic carbocycles. The predicted octanol–water partition coefficient (Wildman–Crippen LogP) is 4.20. The molecule has 34 heavy (non-hydrogen) atoms. The monoisotopic (exact) mass is 478 g/mol. The summed E-state index contributed by atoms with van der Waals surface area (Å²) < 4.78 is 21.4. The minimum atomic E-state index is -0.398. The molecule has 3 aromatic heterocycles. The molecule has 10 heteroatoms. The second-order valence-corrected chi connectivity index (χ2v) is 9.05. The number of benzene rings is 1. The second kappa shape index (κ2) is 9.22. The van der Waals surface area contributed by atoms with Crippen LogP contribution in [0.15, 0.2) is 54.7 Å². The number of hydrogen-bond acceptors (Lipinski definition) is 7. The zero-order chi connectivity index (χ0) is 23.7. The Balaban J connectivity index is 1.46. The minimum absolute atomic E-state index is 0.0364. The van der Waals surface area contributed by atoms with E-state index in [4.69, 9.17) is 15.6 Å². The Hall–Kier alpha value is -3.79. The average molecular weight is 479 g/mol. The van der Waals surface area contributed by atoms with E-state index in [9.17, 15) is 9.18 Å². The molecule has 1 aliphatic rings. The lowest BCUT2D eigenvalue weighted by Gasteiger charge is -2.32. The first-order valence-corrected chi connectivity index (χ1v) is 11.8. The lowest BCUT2D eigenvalue weighted by molar-refractivity contribution is -0.127. The van der Waals surface area contributed by atoms with Crippen LogP contribution in [0.1, 0.15) is 23.8 Å². The van der Waals surface area contributed by atoms with Crippen LogP contribution in [0.5, 0.6) is 5.75 Å². The van der Waals surface area contributed by atoms with E-state index in [0.717, 1.165) is 23.3 Å². The fraction of sp³-hybridized carbons (Fsp3) is 0.250. The molecule has 0 radical (unpaired) electrons. The highest BCUT2D eigenvalue weighted by atomic mass is 32.1. The molecule has 8 nitrogen and oxygen atoms in total. The molecule has 174 valence electrons. The number of fused-ring (bicyclic) bond motifs is 1. The Morgan fingerprint density at radius 1 is 1.35 bits per heavy atom. The third-order valence-electron chi connectivity index (χ3n) is 5.88. The average Bonchev–Trinajstić information content (AvgIpc) is 3.49. The highest BCUT2D eigenvalue weighted by molar-refractivity contribution is 7.10. The van der Waals surface area contributed by atoms with E-state index in [1.807, 2.05) is 16.1 Å². The summed E-state index contributed by atoms with van der Waals surface area (Å²) >= 11 is 1.49. The van der Waals surface area contributed by atoms with Gasteiger partial charge in [0.25, 0.3) is 0 Å². The number of nitrogens with two attached hydrogens (primary N) is 1. The maximum absolute atomic E-state index is 13.9. The molecule has 0 bridgehead atoms. The van der Waals surface area contributed by atoms with Crippen molar-refractivity contribution in [3.63, 3.8) is 0 Å². The van der Waals surface area contributed by atoms with Crippen molar-refractivity contribution in [2.75, 3.05) is 18.8 Å². The quantitative estimate of drug-likeness (QED) is 0.417. The molecule has 5 rings (SSSR count). The van der Waals surface area contributed by atoms with Crippen molar-refractivity contribution in [3.8, 4) is 17.0 Å². The van der Waals surface area contributed by atoms with Crippen LogP contribution in [0, 0.1) is 5.82 Å². The molecule has 1 aliphatic heterocycles. The van der Waals surface area contributed by atoms with Gasteiger partial charge in [-0.2, -0.15) is 5.10 Å². The first-order valence-electron chi connectivity index (χ1n) is 10.9. The number of carbonyl (C=O) groups excluding carboxylic acids is 1. The Morgan fingerprint density at radius 2 is 2.21 bits per heavy atom. The molecular formula is C24H23FN6O2S. The maximum Gasteiger partial charge on any atom is 0.246 e. The minimum Gasteiger partial charge on any atom is -0.485 e. The van der Waals surface area contributed by atoms with Gasteiger partial charge in [-0.3, -0.25) is 4.79 Å². The van der Waals surface area contributed by atoms with Crippen molar-refractivity contribution >= 4 is 34.1 Å². The van der Waals surface area contributed by atoms with Gasteiger partial charge in [-0.1, -0.05) is 18.7 Å². The predicted molar refractivity (Wildman–Crippen MR) is 129 cm³/mol. The highest BCUT2D eigenvalue weighted by Crippen LogP contribution is 2.36. The van der Waals surface area contributed by atoms with Gasteiger partial charge in [-0.05, 0) is 37.1 Å². The molecule has 0 saturated carbocycles. The van der Waals surface area contributed by atoms with Crippen molar-refractivity contribution in [2.45, 2.75) is 25.5 Å². The van der Waals surface area contributed by atoms with Gasteiger partial charge < -0.3 is 15.4 Å². The molecule has 1 amide bonds. The molecule has 0 unspecified atom stereocenters. The van der Waals surface area contributed by atoms with Gasteiger partial charge in [-0.25, -0.2) is 19.0 Å². The summed E-state index contributed by atoms with van der Waals surface area (Å²) in [5, 5.41) is 7.53. The summed E-state index contributed by atoms with van der Waals surface area (Å²) in [5.74, 6) is 0.0652. The number of amides is 1. The van der Waals surface area contributed by atoms with Gasteiger partial charge in [0.2, 0.25) is 5.91 Å².